The minimum Gasteiger partial charge on any atom is -0.314 e. The lowest BCUT2D eigenvalue weighted by atomic mass is 9.86. The summed E-state index contributed by atoms with van der Waals surface area (Å²) in [6.45, 7) is 12.6. The highest BCUT2D eigenvalue weighted by Crippen LogP contribution is 2.25. The number of likely N-dealkylation sites (tertiary alicyclic amines) is 1. The number of rotatable bonds is 5. The summed E-state index contributed by atoms with van der Waals surface area (Å²) in [6.07, 6.45) is 2.50. The SMILES string of the molecule is CCCNC1CCN(Cc2ccc(C)cc2)C(C)C1C. The van der Waals surface area contributed by atoms with Crippen LogP contribution in [0.25, 0.3) is 0 Å². The largest absolute Gasteiger partial charge is 0.314 e. The van der Waals surface area contributed by atoms with Crippen molar-refractivity contribution in [2.24, 2.45) is 5.92 Å². The van der Waals surface area contributed by atoms with Crippen molar-refractivity contribution in [2.45, 2.75) is 59.2 Å². The predicted molar refractivity (Wildman–Crippen MR) is 86.9 cm³/mol. The normalized spacial score (nSPS) is 27.7. The minimum atomic E-state index is 0.652. The summed E-state index contributed by atoms with van der Waals surface area (Å²) < 4.78 is 0. The van der Waals surface area contributed by atoms with Crippen LogP contribution in [0.5, 0.6) is 0 Å². The molecule has 1 aliphatic rings. The molecule has 0 saturated carbocycles. The maximum atomic E-state index is 3.72. The molecule has 3 unspecified atom stereocenters. The van der Waals surface area contributed by atoms with Gasteiger partial charge in [-0.3, -0.25) is 4.90 Å². The van der Waals surface area contributed by atoms with Gasteiger partial charge in [-0.15, -0.1) is 0 Å². The molecule has 1 aromatic carbocycles. The summed E-state index contributed by atoms with van der Waals surface area (Å²) in [5.41, 5.74) is 2.78. The van der Waals surface area contributed by atoms with Crippen LogP contribution in [0.3, 0.4) is 0 Å². The van der Waals surface area contributed by atoms with Crippen molar-refractivity contribution in [3.8, 4) is 0 Å². The molecule has 2 nitrogen and oxygen atoms in total. The highest BCUT2D eigenvalue weighted by atomic mass is 15.2. The lowest BCUT2D eigenvalue weighted by Crippen LogP contribution is -2.53. The molecule has 3 atom stereocenters. The second-order valence-electron chi connectivity index (χ2n) is 6.41. The van der Waals surface area contributed by atoms with E-state index >= 15 is 0 Å². The topological polar surface area (TPSA) is 15.3 Å². The lowest BCUT2D eigenvalue weighted by molar-refractivity contribution is 0.0785. The van der Waals surface area contributed by atoms with E-state index in [1.165, 1.54) is 30.5 Å². The zero-order chi connectivity index (χ0) is 14.5. The number of benzene rings is 1. The van der Waals surface area contributed by atoms with Gasteiger partial charge < -0.3 is 5.32 Å². The van der Waals surface area contributed by atoms with Crippen LogP contribution in [0.2, 0.25) is 0 Å². The van der Waals surface area contributed by atoms with Gasteiger partial charge in [0, 0.05) is 25.2 Å². The fraction of sp³-hybridized carbons (Fsp3) is 0.667. The van der Waals surface area contributed by atoms with Gasteiger partial charge in [0.15, 0.2) is 0 Å². The van der Waals surface area contributed by atoms with Gasteiger partial charge in [0.2, 0.25) is 0 Å². The molecule has 0 bridgehead atoms. The van der Waals surface area contributed by atoms with E-state index < -0.39 is 0 Å². The van der Waals surface area contributed by atoms with E-state index in [1.807, 2.05) is 0 Å². The van der Waals surface area contributed by atoms with Crippen molar-refractivity contribution in [3.05, 3.63) is 35.4 Å². The van der Waals surface area contributed by atoms with E-state index in [0.29, 0.717) is 12.1 Å². The maximum absolute atomic E-state index is 3.72. The first kappa shape index (κ1) is 15.5. The molecule has 1 N–H and O–H groups in total. The standard InChI is InChI=1S/C18H30N2/c1-5-11-19-18-10-12-20(16(4)15(18)3)13-17-8-6-14(2)7-9-17/h6-9,15-16,18-19H,5,10-13H2,1-4H3. The Morgan fingerprint density at radius 2 is 1.90 bits per heavy atom. The van der Waals surface area contributed by atoms with Gasteiger partial charge >= 0.3 is 0 Å². The molecule has 0 spiro atoms. The van der Waals surface area contributed by atoms with Gasteiger partial charge in [-0.1, -0.05) is 43.7 Å². The minimum absolute atomic E-state index is 0.652. The van der Waals surface area contributed by atoms with E-state index in [2.05, 4.69) is 62.2 Å². The van der Waals surface area contributed by atoms with Gasteiger partial charge in [0.05, 0.1) is 0 Å². The fourth-order valence-corrected chi connectivity index (χ4v) is 3.21. The molecular formula is C18H30N2. The predicted octanol–water partition coefficient (Wildman–Crippen LogP) is 3.59. The molecule has 0 aromatic heterocycles. The summed E-state index contributed by atoms with van der Waals surface area (Å²) in [7, 11) is 0. The van der Waals surface area contributed by atoms with Crippen LogP contribution < -0.4 is 5.32 Å². The van der Waals surface area contributed by atoms with Gasteiger partial charge in [-0.2, -0.15) is 0 Å². The highest BCUT2D eigenvalue weighted by Gasteiger charge is 2.31. The van der Waals surface area contributed by atoms with Crippen LogP contribution in [0, 0.1) is 12.8 Å². The quantitative estimate of drug-likeness (QED) is 0.882. The summed E-state index contributed by atoms with van der Waals surface area (Å²) in [6, 6.07) is 10.3. The summed E-state index contributed by atoms with van der Waals surface area (Å²) in [4.78, 5) is 2.64. The van der Waals surface area contributed by atoms with Crippen molar-refractivity contribution < 1.29 is 0 Å². The lowest BCUT2D eigenvalue weighted by Gasteiger charge is -2.43. The average molecular weight is 274 g/mol. The van der Waals surface area contributed by atoms with Crippen molar-refractivity contribution in [1.29, 1.82) is 0 Å². The van der Waals surface area contributed by atoms with Crippen molar-refractivity contribution in [1.82, 2.24) is 10.2 Å². The second kappa shape index (κ2) is 7.24. The molecule has 0 aliphatic carbocycles. The maximum Gasteiger partial charge on any atom is 0.0236 e. The average Bonchev–Trinajstić information content (AvgIpc) is 2.45. The highest BCUT2D eigenvalue weighted by molar-refractivity contribution is 5.21. The molecule has 20 heavy (non-hydrogen) atoms. The molecule has 2 heteroatoms. The molecule has 1 heterocycles. The van der Waals surface area contributed by atoms with Crippen LogP contribution in [0.4, 0.5) is 0 Å². The van der Waals surface area contributed by atoms with Crippen LogP contribution in [0.1, 0.15) is 44.7 Å². The summed E-state index contributed by atoms with van der Waals surface area (Å²) >= 11 is 0. The first-order valence-corrected chi connectivity index (χ1v) is 8.14. The Morgan fingerprint density at radius 1 is 1.20 bits per heavy atom. The Hall–Kier alpha value is -0.860. The van der Waals surface area contributed by atoms with E-state index in [-0.39, 0.29) is 0 Å². The number of nitrogens with one attached hydrogen (secondary N) is 1. The van der Waals surface area contributed by atoms with E-state index in [0.717, 1.165) is 19.0 Å². The molecule has 0 radical (unpaired) electrons. The molecular weight excluding hydrogens is 244 g/mol. The van der Waals surface area contributed by atoms with E-state index in [9.17, 15) is 0 Å². The van der Waals surface area contributed by atoms with Crippen LogP contribution in [0.15, 0.2) is 24.3 Å². The van der Waals surface area contributed by atoms with Gasteiger partial charge in [-0.25, -0.2) is 0 Å². The number of hydrogen-bond acceptors (Lipinski definition) is 2. The summed E-state index contributed by atoms with van der Waals surface area (Å²) in [5.74, 6) is 0.723. The van der Waals surface area contributed by atoms with Gasteiger partial charge in [0.1, 0.15) is 0 Å². The fourth-order valence-electron chi connectivity index (χ4n) is 3.21. The molecule has 0 amide bonds. The smallest absolute Gasteiger partial charge is 0.0236 e. The number of aryl methyl sites for hydroxylation is 1. The Balaban J connectivity index is 1.92. The first-order valence-electron chi connectivity index (χ1n) is 8.14. The molecule has 1 saturated heterocycles. The van der Waals surface area contributed by atoms with Crippen LogP contribution in [-0.4, -0.2) is 30.1 Å². The molecule has 112 valence electrons. The zero-order valence-electron chi connectivity index (χ0n) is 13.5. The molecule has 2 rings (SSSR count). The second-order valence-corrected chi connectivity index (χ2v) is 6.41. The van der Waals surface area contributed by atoms with Crippen LogP contribution >= 0.6 is 0 Å². The first-order chi connectivity index (χ1) is 9.61. The van der Waals surface area contributed by atoms with Crippen molar-refractivity contribution >= 4 is 0 Å². The van der Waals surface area contributed by atoms with E-state index in [1.54, 1.807) is 0 Å². The Labute approximate surface area is 124 Å². The molecule has 1 aliphatic heterocycles. The van der Waals surface area contributed by atoms with E-state index in [4.69, 9.17) is 0 Å². The number of piperidine rings is 1. The monoisotopic (exact) mass is 274 g/mol. The summed E-state index contributed by atoms with van der Waals surface area (Å²) in [5, 5.41) is 3.72. The van der Waals surface area contributed by atoms with Crippen LogP contribution in [-0.2, 0) is 6.54 Å². The number of nitrogens with zero attached hydrogens (tertiary/aromatic N) is 1. The van der Waals surface area contributed by atoms with Gasteiger partial charge in [-0.05, 0) is 44.7 Å². The Bertz CT molecular complexity index is 398. The van der Waals surface area contributed by atoms with Crippen molar-refractivity contribution in [2.75, 3.05) is 13.1 Å². The van der Waals surface area contributed by atoms with Crippen molar-refractivity contribution in [3.63, 3.8) is 0 Å². The third-order valence-electron chi connectivity index (χ3n) is 4.86. The third kappa shape index (κ3) is 3.83. The Morgan fingerprint density at radius 3 is 2.55 bits per heavy atom. The third-order valence-corrected chi connectivity index (χ3v) is 4.86. The van der Waals surface area contributed by atoms with Gasteiger partial charge in [0.25, 0.3) is 0 Å². The zero-order valence-corrected chi connectivity index (χ0v) is 13.5. The molecule has 1 fully saturated rings. The Kier molecular flexibility index (Phi) is 5.62. The number of hydrogen-bond donors (Lipinski definition) is 1. The molecule has 1 aromatic rings.